The summed E-state index contributed by atoms with van der Waals surface area (Å²) in [4.78, 5) is 0. The molecule has 2 aromatic carbocycles. The van der Waals surface area contributed by atoms with Gasteiger partial charge in [-0.25, -0.2) is 0 Å². The van der Waals surface area contributed by atoms with Gasteiger partial charge in [-0.05, 0) is 93.2 Å². The number of fused-ring (bicyclic) bond motifs is 1. The van der Waals surface area contributed by atoms with Crippen molar-refractivity contribution in [2.75, 3.05) is 0 Å². The van der Waals surface area contributed by atoms with Gasteiger partial charge < -0.3 is 0 Å². The molecule has 0 N–H and O–H groups in total. The number of hydrogen-bond donors (Lipinski definition) is 0. The standard InChI is InChI=1S/C27H42/c1-14(2)21-13-22-19(11)20(12)23(15(3)4)25(17(7)8)27(22)26(18(9)10)24(21)16(5)6/h13-18H,1-12H3. The largest absolute Gasteiger partial charge is 0.0587 e. The summed E-state index contributed by atoms with van der Waals surface area (Å²) in [6.07, 6.45) is 0. The highest BCUT2D eigenvalue weighted by atomic mass is 14.3. The molecule has 0 aliphatic heterocycles. The summed E-state index contributed by atoms with van der Waals surface area (Å²) in [5.41, 5.74) is 10.9. The van der Waals surface area contributed by atoms with E-state index >= 15 is 0 Å². The zero-order valence-electron chi connectivity index (χ0n) is 20.0. The van der Waals surface area contributed by atoms with Crippen molar-refractivity contribution < 1.29 is 0 Å². The summed E-state index contributed by atoms with van der Waals surface area (Å²) in [5, 5.41) is 3.07. The van der Waals surface area contributed by atoms with Crippen LogP contribution in [0.15, 0.2) is 6.07 Å². The van der Waals surface area contributed by atoms with Gasteiger partial charge in [-0.1, -0.05) is 75.3 Å². The zero-order chi connectivity index (χ0) is 20.8. The molecule has 0 radical (unpaired) electrons. The van der Waals surface area contributed by atoms with E-state index in [0.717, 1.165) is 0 Å². The van der Waals surface area contributed by atoms with Crippen LogP contribution in [0.25, 0.3) is 10.8 Å². The molecule has 0 heteroatoms. The van der Waals surface area contributed by atoms with Crippen LogP contribution >= 0.6 is 0 Å². The number of rotatable bonds is 5. The van der Waals surface area contributed by atoms with E-state index < -0.39 is 0 Å². The maximum Gasteiger partial charge on any atom is -0.0106 e. The van der Waals surface area contributed by atoms with Crippen molar-refractivity contribution in [3.63, 3.8) is 0 Å². The van der Waals surface area contributed by atoms with E-state index in [1.807, 2.05) is 0 Å². The predicted molar refractivity (Wildman–Crippen MR) is 124 cm³/mol. The Morgan fingerprint density at radius 1 is 0.481 bits per heavy atom. The second-order valence-electron chi connectivity index (χ2n) is 10.1. The van der Waals surface area contributed by atoms with Crippen LogP contribution in [0.4, 0.5) is 0 Å². The minimum Gasteiger partial charge on any atom is -0.0587 e. The van der Waals surface area contributed by atoms with E-state index in [9.17, 15) is 0 Å². The Hall–Kier alpha value is -1.30. The molecule has 2 aromatic rings. The van der Waals surface area contributed by atoms with Gasteiger partial charge in [0.2, 0.25) is 0 Å². The Kier molecular flexibility index (Phi) is 6.50. The van der Waals surface area contributed by atoms with Crippen LogP contribution in [-0.4, -0.2) is 0 Å². The summed E-state index contributed by atoms with van der Waals surface area (Å²) in [6.45, 7) is 28.4. The molecule has 0 nitrogen and oxygen atoms in total. The van der Waals surface area contributed by atoms with Gasteiger partial charge in [-0.3, -0.25) is 0 Å². The van der Waals surface area contributed by atoms with E-state index in [0.29, 0.717) is 29.6 Å². The van der Waals surface area contributed by atoms with Crippen LogP contribution in [0.1, 0.15) is 138 Å². The Morgan fingerprint density at radius 3 is 1.26 bits per heavy atom. The molecule has 0 fully saturated rings. The van der Waals surface area contributed by atoms with E-state index in [2.05, 4.69) is 89.2 Å². The van der Waals surface area contributed by atoms with Crippen LogP contribution in [0.5, 0.6) is 0 Å². The van der Waals surface area contributed by atoms with Gasteiger partial charge in [0.05, 0.1) is 0 Å². The molecule has 150 valence electrons. The molecule has 0 atom stereocenters. The average molecular weight is 367 g/mol. The second-order valence-corrected chi connectivity index (χ2v) is 10.1. The summed E-state index contributed by atoms with van der Waals surface area (Å²) in [6, 6.07) is 2.54. The molecule has 0 amide bonds. The monoisotopic (exact) mass is 366 g/mol. The first-order chi connectivity index (χ1) is 12.4. The molecule has 0 aliphatic carbocycles. The topological polar surface area (TPSA) is 0 Å². The molecule has 27 heavy (non-hydrogen) atoms. The van der Waals surface area contributed by atoms with E-state index in [-0.39, 0.29) is 0 Å². The fourth-order valence-corrected chi connectivity index (χ4v) is 5.13. The Balaban J connectivity index is 3.29. The molecule has 0 aromatic heterocycles. The SMILES string of the molecule is Cc1c(C(C)C)c(C(C)C)c2c(C(C)C)c(C(C)C)c(C(C)C)cc2c1C. The lowest BCUT2D eigenvalue weighted by Gasteiger charge is -2.31. The highest BCUT2D eigenvalue weighted by molar-refractivity contribution is 5.96. The van der Waals surface area contributed by atoms with E-state index in [1.54, 1.807) is 33.2 Å². The van der Waals surface area contributed by atoms with Crippen molar-refractivity contribution in [2.24, 2.45) is 0 Å². The quantitative estimate of drug-likeness (QED) is 0.495. The summed E-state index contributed by atoms with van der Waals surface area (Å²) >= 11 is 0. The van der Waals surface area contributed by atoms with Crippen LogP contribution in [-0.2, 0) is 0 Å². The lowest BCUT2D eigenvalue weighted by atomic mass is 9.74. The molecule has 0 unspecified atom stereocenters. The van der Waals surface area contributed by atoms with Gasteiger partial charge in [0.15, 0.2) is 0 Å². The van der Waals surface area contributed by atoms with Crippen LogP contribution in [0, 0.1) is 13.8 Å². The van der Waals surface area contributed by atoms with E-state index in [1.165, 1.54) is 16.5 Å². The molecule has 0 saturated carbocycles. The van der Waals surface area contributed by atoms with Gasteiger partial charge in [0, 0.05) is 0 Å². The smallest absolute Gasteiger partial charge is 0.0106 e. The van der Waals surface area contributed by atoms with Gasteiger partial charge in [0.25, 0.3) is 0 Å². The first-order valence-electron chi connectivity index (χ1n) is 11.0. The normalized spacial score (nSPS) is 12.6. The van der Waals surface area contributed by atoms with Gasteiger partial charge in [0.1, 0.15) is 0 Å². The summed E-state index contributed by atoms with van der Waals surface area (Å²) in [5.74, 6) is 2.72. The zero-order valence-corrected chi connectivity index (χ0v) is 20.0. The Bertz CT molecular complexity index is 829. The Labute approximate surface area is 168 Å². The number of aryl methyl sites for hydroxylation is 1. The van der Waals surface area contributed by atoms with Gasteiger partial charge >= 0.3 is 0 Å². The van der Waals surface area contributed by atoms with Crippen molar-refractivity contribution in [3.8, 4) is 0 Å². The Morgan fingerprint density at radius 2 is 0.889 bits per heavy atom. The van der Waals surface area contributed by atoms with Crippen molar-refractivity contribution in [1.29, 1.82) is 0 Å². The highest BCUT2D eigenvalue weighted by Gasteiger charge is 2.26. The van der Waals surface area contributed by atoms with Crippen LogP contribution in [0.3, 0.4) is 0 Å². The summed E-state index contributed by atoms with van der Waals surface area (Å²) in [7, 11) is 0. The second kappa shape index (κ2) is 7.98. The molecular formula is C27H42. The highest BCUT2D eigenvalue weighted by Crippen LogP contribution is 2.46. The third-order valence-electron chi connectivity index (χ3n) is 6.30. The molecule has 0 bridgehead atoms. The molecule has 0 saturated heterocycles. The summed E-state index contributed by atoms with van der Waals surface area (Å²) < 4.78 is 0. The average Bonchev–Trinajstić information content (AvgIpc) is 2.54. The molecule has 0 heterocycles. The van der Waals surface area contributed by atoms with Crippen molar-refractivity contribution in [2.45, 2.75) is 113 Å². The fourth-order valence-electron chi connectivity index (χ4n) is 5.13. The first kappa shape index (κ1) is 22.0. The number of benzene rings is 2. The third kappa shape index (κ3) is 3.69. The predicted octanol–water partition coefficient (Wildman–Crippen LogP) is 9.07. The number of hydrogen-bond acceptors (Lipinski definition) is 0. The minimum absolute atomic E-state index is 0.531. The van der Waals surface area contributed by atoms with Gasteiger partial charge in [-0.15, -0.1) is 0 Å². The fraction of sp³-hybridized carbons (Fsp3) is 0.630. The van der Waals surface area contributed by atoms with Crippen molar-refractivity contribution in [3.05, 3.63) is 45.0 Å². The minimum atomic E-state index is 0.531. The van der Waals surface area contributed by atoms with E-state index in [4.69, 9.17) is 0 Å². The third-order valence-corrected chi connectivity index (χ3v) is 6.30. The van der Waals surface area contributed by atoms with Gasteiger partial charge in [-0.2, -0.15) is 0 Å². The maximum absolute atomic E-state index is 2.54. The van der Waals surface area contributed by atoms with Crippen LogP contribution < -0.4 is 0 Å². The van der Waals surface area contributed by atoms with Crippen molar-refractivity contribution in [1.82, 2.24) is 0 Å². The lowest BCUT2D eigenvalue weighted by molar-refractivity contribution is 0.748. The molecular weight excluding hydrogens is 324 g/mol. The molecule has 2 rings (SSSR count). The molecule has 0 spiro atoms. The molecule has 0 aliphatic rings. The van der Waals surface area contributed by atoms with Crippen LogP contribution in [0.2, 0.25) is 0 Å². The van der Waals surface area contributed by atoms with Crippen molar-refractivity contribution >= 4 is 10.8 Å². The maximum atomic E-state index is 2.54. The lowest BCUT2D eigenvalue weighted by Crippen LogP contribution is -2.12. The first-order valence-corrected chi connectivity index (χ1v) is 11.0.